The average molecular weight is 279 g/mol. The fraction of sp³-hybridized carbons (Fsp3) is 0.562. The predicted molar refractivity (Wildman–Crippen MR) is 79.9 cm³/mol. The number of carbonyl (C=O) groups excluding carboxylic acids is 1. The van der Waals surface area contributed by atoms with Crippen molar-refractivity contribution in [1.29, 1.82) is 0 Å². The molecule has 4 heteroatoms. The lowest BCUT2D eigenvalue weighted by atomic mass is 10.1. The highest BCUT2D eigenvalue weighted by molar-refractivity contribution is 5.69. The molecule has 0 fully saturated rings. The molecule has 0 bridgehead atoms. The Morgan fingerprint density at radius 3 is 2.50 bits per heavy atom. The van der Waals surface area contributed by atoms with Crippen LogP contribution in [0.1, 0.15) is 33.6 Å². The van der Waals surface area contributed by atoms with E-state index in [0.717, 1.165) is 18.7 Å². The van der Waals surface area contributed by atoms with E-state index in [1.807, 2.05) is 30.3 Å². The van der Waals surface area contributed by atoms with Crippen LogP contribution in [0.4, 0.5) is 0 Å². The molecule has 0 aliphatic rings. The van der Waals surface area contributed by atoms with Crippen LogP contribution in [0.3, 0.4) is 0 Å². The Kier molecular flexibility index (Phi) is 7.09. The number of hydrogen-bond donors (Lipinski definition) is 1. The molecule has 0 saturated carbocycles. The molecule has 0 aliphatic carbocycles. The normalized spacial score (nSPS) is 11.2. The first kappa shape index (κ1) is 16.5. The molecule has 1 N–H and O–H groups in total. The highest BCUT2D eigenvalue weighted by Crippen LogP contribution is 2.07. The van der Waals surface area contributed by atoms with E-state index in [-0.39, 0.29) is 11.5 Å². The molecule has 1 aromatic rings. The number of nitrogens with one attached hydrogen (secondary N) is 1. The molecule has 20 heavy (non-hydrogen) atoms. The monoisotopic (exact) mass is 279 g/mol. The van der Waals surface area contributed by atoms with Gasteiger partial charge in [-0.1, -0.05) is 18.2 Å². The van der Waals surface area contributed by atoms with E-state index in [0.29, 0.717) is 19.6 Å². The lowest BCUT2D eigenvalue weighted by Gasteiger charge is -2.20. The first-order valence-corrected chi connectivity index (χ1v) is 7.06. The minimum absolute atomic E-state index is 0.0907. The van der Waals surface area contributed by atoms with Gasteiger partial charge in [0.1, 0.15) is 19.0 Å². The minimum atomic E-state index is -0.169. The Hall–Kier alpha value is -1.55. The lowest BCUT2D eigenvalue weighted by Crippen LogP contribution is -2.36. The molecule has 0 radical (unpaired) electrons. The van der Waals surface area contributed by atoms with E-state index in [2.05, 4.69) is 26.1 Å². The van der Waals surface area contributed by atoms with Crippen LogP contribution in [0.15, 0.2) is 30.3 Å². The minimum Gasteiger partial charge on any atom is -0.490 e. The molecule has 0 unspecified atom stereocenters. The molecule has 112 valence electrons. The van der Waals surface area contributed by atoms with Crippen molar-refractivity contribution in [3.8, 4) is 5.75 Å². The Bertz CT molecular complexity index is 384. The summed E-state index contributed by atoms with van der Waals surface area (Å²) in [5.41, 5.74) is 0.0907. The Morgan fingerprint density at radius 1 is 1.15 bits per heavy atom. The van der Waals surface area contributed by atoms with Gasteiger partial charge in [-0.3, -0.25) is 4.79 Å². The largest absolute Gasteiger partial charge is 0.490 e. The standard InChI is InChI=1S/C16H25NO3/c1-16(2,3)17-11-7-10-15(18)20-13-12-19-14-8-5-4-6-9-14/h4-6,8-9,17H,7,10-13H2,1-3H3. The molecule has 1 aromatic carbocycles. The first-order chi connectivity index (χ1) is 9.47. The van der Waals surface area contributed by atoms with Gasteiger partial charge < -0.3 is 14.8 Å². The van der Waals surface area contributed by atoms with Crippen LogP contribution in [-0.4, -0.2) is 31.3 Å². The van der Waals surface area contributed by atoms with Gasteiger partial charge in [0.25, 0.3) is 0 Å². The molecular formula is C16H25NO3. The summed E-state index contributed by atoms with van der Waals surface area (Å²) in [6.07, 6.45) is 1.23. The maximum atomic E-state index is 11.5. The van der Waals surface area contributed by atoms with E-state index >= 15 is 0 Å². The molecule has 0 aliphatic heterocycles. The Balaban J connectivity index is 2.00. The van der Waals surface area contributed by atoms with Crippen molar-refractivity contribution in [2.24, 2.45) is 0 Å². The fourth-order valence-electron chi connectivity index (χ4n) is 1.60. The molecule has 4 nitrogen and oxygen atoms in total. The maximum Gasteiger partial charge on any atom is 0.305 e. The van der Waals surface area contributed by atoms with Gasteiger partial charge in [0.15, 0.2) is 0 Å². The van der Waals surface area contributed by atoms with E-state index < -0.39 is 0 Å². The number of benzene rings is 1. The summed E-state index contributed by atoms with van der Waals surface area (Å²) in [5, 5.41) is 3.33. The predicted octanol–water partition coefficient (Wildman–Crippen LogP) is 2.78. The summed E-state index contributed by atoms with van der Waals surface area (Å²) in [6.45, 7) is 7.81. The van der Waals surface area contributed by atoms with Crippen molar-refractivity contribution in [3.63, 3.8) is 0 Å². The number of ether oxygens (including phenoxy) is 2. The number of hydrogen-bond acceptors (Lipinski definition) is 4. The zero-order valence-electron chi connectivity index (χ0n) is 12.6. The average Bonchev–Trinajstić information content (AvgIpc) is 2.40. The van der Waals surface area contributed by atoms with Crippen LogP contribution in [-0.2, 0) is 9.53 Å². The number of esters is 1. The van der Waals surface area contributed by atoms with Crippen LogP contribution in [0.2, 0.25) is 0 Å². The second-order valence-electron chi connectivity index (χ2n) is 5.66. The Morgan fingerprint density at radius 2 is 1.85 bits per heavy atom. The third-order valence-electron chi connectivity index (χ3n) is 2.57. The van der Waals surface area contributed by atoms with Crippen LogP contribution >= 0.6 is 0 Å². The number of carbonyl (C=O) groups is 1. The van der Waals surface area contributed by atoms with Crippen LogP contribution in [0.25, 0.3) is 0 Å². The van der Waals surface area contributed by atoms with Crippen LogP contribution < -0.4 is 10.1 Å². The smallest absolute Gasteiger partial charge is 0.305 e. The summed E-state index contributed by atoms with van der Waals surface area (Å²) >= 11 is 0. The zero-order valence-corrected chi connectivity index (χ0v) is 12.6. The second kappa shape index (κ2) is 8.59. The molecule has 0 spiro atoms. The van der Waals surface area contributed by atoms with Gasteiger partial charge in [-0.15, -0.1) is 0 Å². The molecular weight excluding hydrogens is 254 g/mol. The Labute approximate surface area is 121 Å². The molecule has 0 aromatic heterocycles. The van der Waals surface area contributed by atoms with Gasteiger partial charge in [0.2, 0.25) is 0 Å². The van der Waals surface area contributed by atoms with Crippen molar-refractivity contribution in [2.45, 2.75) is 39.2 Å². The summed E-state index contributed by atoms with van der Waals surface area (Å²) < 4.78 is 10.5. The summed E-state index contributed by atoms with van der Waals surface area (Å²) in [6, 6.07) is 9.49. The SMILES string of the molecule is CC(C)(C)NCCCC(=O)OCCOc1ccccc1. The van der Waals surface area contributed by atoms with Crippen molar-refractivity contribution >= 4 is 5.97 Å². The maximum absolute atomic E-state index is 11.5. The van der Waals surface area contributed by atoms with Crippen molar-refractivity contribution in [2.75, 3.05) is 19.8 Å². The summed E-state index contributed by atoms with van der Waals surface area (Å²) in [4.78, 5) is 11.5. The summed E-state index contributed by atoms with van der Waals surface area (Å²) in [7, 11) is 0. The van der Waals surface area contributed by atoms with Crippen molar-refractivity contribution < 1.29 is 14.3 Å². The molecule has 0 saturated heterocycles. The topological polar surface area (TPSA) is 47.6 Å². The van der Waals surface area contributed by atoms with E-state index in [9.17, 15) is 4.79 Å². The molecule has 0 amide bonds. The van der Waals surface area contributed by atoms with Gasteiger partial charge >= 0.3 is 5.97 Å². The van der Waals surface area contributed by atoms with Gasteiger partial charge in [0, 0.05) is 12.0 Å². The van der Waals surface area contributed by atoms with Gasteiger partial charge in [-0.05, 0) is 45.9 Å². The lowest BCUT2D eigenvalue weighted by molar-refractivity contribution is -0.144. The van der Waals surface area contributed by atoms with Crippen LogP contribution in [0.5, 0.6) is 5.75 Å². The first-order valence-electron chi connectivity index (χ1n) is 7.06. The van der Waals surface area contributed by atoms with Crippen LogP contribution in [0, 0.1) is 0 Å². The van der Waals surface area contributed by atoms with Gasteiger partial charge in [-0.25, -0.2) is 0 Å². The molecule has 0 atom stereocenters. The van der Waals surface area contributed by atoms with Crippen molar-refractivity contribution in [1.82, 2.24) is 5.32 Å². The number of rotatable bonds is 8. The molecule has 0 heterocycles. The fourth-order valence-corrected chi connectivity index (χ4v) is 1.60. The van der Waals surface area contributed by atoms with Crippen molar-refractivity contribution in [3.05, 3.63) is 30.3 Å². The molecule has 1 rings (SSSR count). The highest BCUT2D eigenvalue weighted by atomic mass is 16.6. The van der Waals surface area contributed by atoms with E-state index in [1.165, 1.54) is 0 Å². The highest BCUT2D eigenvalue weighted by Gasteiger charge is 2.08. The number of para-hydroxylation sites is 1. The zero-order chi connectivity index (χ0) is 14.8. The third kappa shape index (κ3) is 8.53. The van der Waals surface area contributed by atoms with Gasteiger partial charge in [-0.2, -0.15) is 0 Å². The second-order valence-corrected chi connectivity index (χ2v) is 5.66. The quantitative estimate of drug-likeness (QED) is 0.587. The van der Waals surface area contributed by atoms with E-state index in [1.54, 1.807) is 0 Å². The summed E-state index contributed by atoms with van der Waals surface area (Å²) in [5.74, 6) is 0.621. The van der Waals surface area contributed by atoms with E-state index in [4.69, 9.17) is 9.47 Å². The third-order valence-corrected chi connectivity index (χ3v) is 2.57. The van der Waals surface area contributed by atoms with Gasteiger partial charge in [0.05, 0.1) is 0 Å².